The van der Waals surface area contributed by atoms with Gasteiger partial charge < -0.3 is 9.67 Å². The molecule has 2 aliphatic rings. The number of aliphatic hydroxyl groups is 1. The predicted octanol–water partition coefficient (Wildman–Crippen LogP) is 4.53. The predicted molar refractivity (Wildman–Crippen MR) is 95.3 cm³/mol. The average Bonchev–Trinajstić information content (AvgIpc) is 3.02. The molecular weight excluding hydrogens is 298 g/mol. The van der Waals surface area contributed by atoms with Gasteiger partial charge in [-0.05, 0) is 38.5 Å². The van der Waals surface area contributed by atoms with Crippen LogP contribution in [0.15, 0.2) is 24.3 Å². The number of aliphatic hydroxyl groups excluding tert-OH is 1. The van der Waals surface area contributed by atoms with Crippen LogP contribution < -0.4 is 0 Å². The normalized spacial score (nSPS) is 22.0. The van der Waals surface area contributed by atoms with Gasteiger partial charge in [0.2, 0.25) is 0 Å². The minimum Gasteiger partial charge on any atom is -0.388 e. The first kappa shape index (κ1) is 15.6. The van der Waals surface area contributed by atoms with Crippen molar-refractivity contribution in [1.82, 2.24) is 4.57 Å². The molecule has 2 aliphatic carbocycles. The molecule has 0 bridgehead atoms. The van der Waals surface area contributed by atoms with E-state index in [1.807, 2.05) is 24.3 Å². The first-order valence-electron chi connectivity index (χ1n) is 9.00. The van der Waals surface area contributed by atoms with E-state index in [2.05, 4.69) is 32.3 Å². The molecule has 0 aliphatic heterocycles. The molecular formula is C21H25NO2. The molecule has 3 nitrogen and oxygen atoms in total. The van der Waals surface area contributed by atoms with Crippen molar-refractivity contribution in [2.24, 2.45) is 11.8 Å². The van der Waals surface area contributed by atoms with Gasteiger partial charge in [-0.25, -0.2) is 0 Å². The van der Waals surface area contributed by atoms with Gasteiger partial charge in [-0.1, -0.05) is 38.1 Å². The summed E-state index contributed by atoms with van der Waals surface area (Å²) in [5.41, 5.74) is 5.66. The van der Waals surface area contributed by atoms with Crippen LogP contribution >= 0.6 is 0 Å². The molecule has 0 amide bonds. The monoisotopic (exact) mass is 323 g/mol. The lowest BCUT2D eigenvalue weighted by atomic mass is 9.78. The standard InChI is InChI=1S/C21H25NO2/c1-11(2)13-9-16-18(17(23)10-13)19-20(22(16)12(3)4)14-7-5-6-8-15(14)21(19)24/h5-8,11-13,17,23H,9-10H2,1-4H3. The summed E-state index contributed by atoms with van der Waals surface area (Å²) in [5.74, 6) is 1.07. The average molecular weight is 323 g/mol. The SMILES string of the molecule is CC(C)C1Cc2c(c3c(n2C(C)C)-c2ccccc2C3=O)C(O)C1. The molecule has 126 valence electrons. The lowest BCUT2D eigenvalue weighted by Gasteiger charge is -2.31. The van der Waals surface area contributed by atoms with Crippen molar-refractivity contribution in [2.45, 2.75) is 52.7 Å². The van der Waals surface area contributed by atoms with Gasteiger partial charge in [0.05, 0.1) is 17.4 Å². The summed E-state index contributed by atoms with van der Waals surface area (Å²) in [6.45, 7) is 8.77. The van der Waals surface area contributed by atoms with Crippen LogP contribution in [0, 0.1) is 11.8 Å². The third-order valence-electron chi connectivity index (χ3n) is 5.78. The molecule has 1 N–H and O–H groups in total. The zero-order chi connectivity index (χ0) is 17.2. The molecule has 0 radical (unpaired) electrons. The number of carbonyl (C=O) groups excluding carboxylic acids is 1. The van der Waals surface area contributed by atoms with Gasteiger partial charge in [-0.3, -0.25) is 4.79 Å². The van der Waals surface area contributed by atoms with Crippen molar-refractivity contribution < 1.29 is 9.90 Å². The van der Waals surface area contributed by atoms with Crippen molar-refractivity contribution in [2.75, 3.05) is 0 Å². The van der Waals surface area contributed by atoms with Crippen LogP contribution in [0.2, 0.25) is 0 Å². The number of benzene rings is 1. The fourth-order valence-corrected chi connectivity index (χ4v) is 4.55. The van der Waals surface area contributed by atoms with Crippen LogP contribution in [0.25, 0.3) is 11.3 Å². The number of hydrogen-bond donors (Lipinski definition) is 1. The van der Waals surface area contributed by atoms with Gasteiger partial charge >= 0.3 is 0 Å². The third kappa shape index (κ3) is 1.97. The summed E-state index contributed by atoms with van der Waals surface area (Å²) in [5, 5.41) is 10.9. The van der Waals surface area contributed by atoms with Crippen LogP contribution in [0.1, 0.15) is 73.4 Å². The fourth-order valence-electron chi connectivity index (χ4n) is 4.55. The van der Waals surface area contributed by atoms with E-state index in [4.69, 9.17) is 0 Å². The van der Waals surface area contributed by atoms with Gasteiger partial charge in [0.25, 0.3) is 0 Å². The van der Waals surface area contributed by atoms with Gasteiger partial charge in [0, 0.05) is 28.4 Å². The Kier molecular flexibility index (Phi) is 3.47. The minimum atomic E-state index is -0.534. The van der Waals surface area contributed by atoms with Crippen molar-refractivity contribution in [3.8, 4) is 11.3 Å². The number of aromatic nitrogens is 1. The van der Waals surface area contributed by atoms with E-state index in [0.29, 0.717) is 11.8 Å². The van der Waals surface area contributed by atoms with Crippen LogP contribution in [-0.4, -0.2) is 15.5 Å². The van der Waals surface area contributed by atoms with E-state index in [1.54, 1.807) is 0 Å². The van der Waals surface area contributed by atoms with E-state index in [-0.39, 0.29) is 11.8 Å². The molecule has 0 saturated carbocycles. The molecule has 0 saturated heterocycles. The smallest absolute Gasteiger partial charge is 0.196 e. The molecule has 1 heterocycles. The molecule has 1 aromatic carbocycles. The molecule has 4 rings (SSSR count). The van der Waals surface area contributed by atoms with E-state index < -0.39 is 6.10 Å². The maximum Gasteiger partial charge on any atom is 0.196 e. The number of hydrogen-bond acceptors (Lipinski definition) is 2. The van der Waals surface area contributed by atoms with E-state index >= 15 is 0 Å². The number of nitrogens with zero attached hydrogens (tertiary/aromatic N) is 1. The van der Waals surface area contributed by atoms with Crippen LogP contribution in [0.3, 0.4) is 0 Å². The van der Waals surface area contributed by atoms with E-state index in [0.717, 1.165) is 40.8 Å². The maximum absolute atomic E-state index is 13.0. The molecule has 24 heavy (non-hydrogen) atoms. The van der Waals surface area contributed by atoms with Crippen LogP contribution in [0.5, 0.6) is 0 Å². The highest BCUT2D eigenvalue weighted by molar-refractivity contribution is 6.22. The fraction of sp³-hybridized carbons (Fsp3) is 0.476. The number of rotatable bonds is 2. The molecule has 0 fully saturated rings. The molecule has 3 heteroatoms. The van der Waals surface area contributed by atoms with Crippen molar-refractivity contribution in [3.05, 3.63) is 46.6 Å². The Hall–Kier alpha value is -1.87. The van der Waals surface area contributed by atoms with Crippen LogP contribution in [0.4, 0.5) is 0 Å². The largest absolute Gasteiger partial charge is 0.388 e. The second kappa shape index (κ2) is 5.32. The lowest BCUT2D eigenvalue weighted by Crippen LogP contribution is -2.25. The van der Waals surface area contributed by atoms with Gasteiger partial charge in [0.15, 0.2) is 5.78 Å². The summed E-state index contributed by atoms with van der Waals surface area (Å²) >= 11 is 0. The number of carbonyl (C=O) groups is 1. The number of ketones is 1. The molecule has 2 unspecified atom stereocenters. The van der Waals surface area contributed by atoms with E-state index in [9.17, 15) is 9.90 Å². The first-order valence-corrected chi connectivity index (χ1v) is 9.00. The highest BCUT2D eigenvalue weighted by Gasteiger charge is 2.41. The Morgan fingerprint density at radius 2 is 1.79 bits per heavy atom. The summed E-state index contributed by atoms with van der Waals surface area (Å²) in [4.78, 5) is 13.0. The second-order valence-corrected chi connectivity index (χ2v) is 7.88. The Morgan fingerprint density at radius 1 is 1.12 bits per heavy atom. The molecule has 1 aromatic heterocycles. The summed E-state index contributed by atoms with van der Waals surface area (Å²) < 4.78 is 2.31. The molecule has 2 atom stereocenters. The molecule has 0 spiro atoms. The highest BCUT2D eigenvalue weighted by Crippen LogP contribution is 2.49. The van der Waals surface area contributed by atoms with E-state index in [1.165, 1.54) is 5.69 Å². The van der Waals surface area contributed by atoms with Crippen molar-refractivity contribution >= 4 is 5.78 Å². The summed E-state index contributed by atoms with van der Waals surface area (Å²) in [6.07, 6.45) is 1.17. The third-order valence-corrected chi connectivity index (χ3v) is 5.78. The van der Waals surface area contributed by atoms with Gasteiger partial charge in [-0.2, -0.15) is 0 Å². The Bertz CT molecular complexity index is 829. The zero-order valence-electron chi connectivity index (χ0n) is 14.8. The van der Waals surface area contributed by atoms with Crippen molar-refractivity contribution in [3.63, 3.8) is 0 Å². The van der Waals surface area contributed by atoms with Crippen molar-refractivity contribution in [1.29, 1.82) is 0 Å². The summed E-state index contributed by atoms with van der Waals surface area (Å²) in [7, 11) is 0. The topological polar surface area (TPSA) is 42.2 Å². The minimum absolute atomic E-state index is 0.0818. The lowest BCUT2D eigenvalue weighted by molar-refractivity contribution is 0.100. The quantitative estimate of drug-likeness (QED) is 0.753. The Labute approximate surface area is 143 Å². The number of fused-ring (bicyclic) bond motifs is 5. The van der Waals surface area contributed by atoms with Gasteiger partial charge in [0.1, 0.15) is 0 Å². The zero-order valence-corrected chi connectivity index (χ0v) is 14.8. The Balaban J connectivity index is 2.01. The highest BCUT2D eigenvalue weighted by atomic mass is 16.3. The molecule has 2 aromatic rings. The first-order chi connectivity index (χ1) is 11.4. The van der Waals surface area contributed by atoms with Gasteiger partial charge in [-0.15, -0.1) is 0 Å². The maximum atomic E-state index is 13.0. The second-order valence-electron chi connectivity index (χ2n) is 7.88. The Morgan fingerprint density at radius 3 is 2.42 bits per heavy atom. The van der Waals surface area contributed by atoms with Crippen LogP contribution in [-0.2, 0) is 6.42 Å². The summed E-state index contributed by atoms with van der Waals surface area (Å²) in [6, 6.07) is 8.11.